The van der Waals surface area contributed by atoms with Gasteiger partial charge < -0.3 is 9.47 Å². The summed E-state index contributed by atoms with van der Waals surface area (Å²) in [5.41, 5.74) is 2.09. The van der Waals surface area contributed by atoms with Gasteiger partial charge in [-0.1, -0.05) is 31.2 Å². The highest BCUT2D eigenvalue weighted by molar-refractivity contribution is 5.71. The van der Waals surface area contributed by atoms with Gasteiger partial charge in [-0.3, -0.25) is 9.59 Å². The molecule has 0 aromatic heterocycles. The summed E-state index contributed by atoms with van der Waals surface area (Å²) < 4.78 is 10.5. The lowest BCUT2D eigenvalue weighted by Gasteiger charge is -2.20. The highest BCUT2D eigenvalue weighted by atomic mass is 16.5. The second-order valence-corrected chi connectivity index (χ2v) is 5.13. The lowest BCUT2D eigenvalue weighted by molar-refractivity contribution is -0.149. The normalized spacial score (nSPS) is 24.1. The minimum absolute atomic E-state index is 0.0367. The van der Waals surface area contributed by atoms with Crippen LogP contribution in [0.4, 0.5) is 0 Å². The molecular formula is C16H20O4. The molecule has 4 nitrogen and oxygen atoms in total. The van der Waals surface area contributed by atoms with Crippen LogP contribution < -0.4 is 0 Å². The molecule has 1 aromatic rings. The first kappa shape index (κ1) is 14.6. The van der Waals surface area contributed by atoms with Crippen LogP contribution >= 0.6 is 0 Å². The molecule has 0 N–H and O–H groups in total. The molecule has 2 rings (SSSR count). The number of esters is 2. The lowest BCUT2D eigenvalue weighted by Crippen LogP contribution is -2.17. The Labute approximate surface area is 119 Å². The van der Waals surface area contributed by atoms with Gasteiger partial charge in [-0.15, -0.1) is 0 Å². The molecule has 0 saturated carbocycles. The largest absolute Gasteiger partial charge is 0.466 e. The van der Waals surface area contributed by atoms with E-state index >= 15 is 0 Å². The average Bonchev–Trinajstić information content (AvgIpc) is 2.65. The van der Waals surface area contributed by atoms with Gasteiger partial charge in [0.05, 0.1) is 13.0 Å². The molecule has 20 heavy (non-hydrogen) atoms. The molecule has 4 heteroatoms. The highest BCUT2D eigenvalue weighted by Gasteiger charge is 2.40. The topological polar surface area (TPSA) is 52.6 Å². The Morgan fingerprint density at radius 1 is 1.20 bits per heavy atom. The Bertz CT molecular complexity index is 509. The van der Waals surface area contributed by atoms with Gasteiger partial charge in [0, 0.05) is 18.8 Å². The summed E-state index contributed by atoms with van der Waals surface area (Å²) in [6, 6.07) is 7.83. The number of hydrogen-bond acceptors (Lipinski definition) is 4. The van der Waals surface area contributed by atoms with Crippen molar-refractivity contribution >= 4 is 11.9 Å². The molecule has 1 aromatic carbocycles. The molecule has 0 bridgehead atoms. The van der Waals surface area contributed by atoms with Gasteiger partial charge in [0.1, 0.15) is 6.10 Å². The third-order valence-corrected chi connectivity index (χ3v) is 3.80. The van der Waals surface area contributed by atoms with Crippen LogP contribution in [0.3, 0.4) is 0 Å². The van der Waals surface area contributed by atoms with Crippen molar-refractivity contribution in [1.29, 1.82) is 0 Å². The highest BCUT2D eigenvalue weighted by Crippen LogP contribution is 2.48. The van der Waals surface area contributed by atoms with Crippen molar-refractivity contribution in [3.63, 3.8) is 0 Å². The van der Waals surface area contributed by atoms with Crippen LogP contribution in [0.25, 0.3) is 0 Å². The quantitative estimate of drug-likeness (QED) is 0.793. The molecule has 0 spiro atoms. The molecule has 1 aliphatic rings. The first-order chi connectivity index (χ1) is 9.54. The number of benzene rings is 1. The third kappa shape index (κ3) is 2.84. The summed E-state index contributed by atoms with van der Waals surface area (Å²) >= 11 is 0. The number of fused-ring (bicyclic) bond motifs is 1. The monoisotopic (exact) mass is 276 g/mol. The van der Waals surface area contributed by atoms with Crippen molar-refractivity contribution in [2.24, 2.45) is 5.92 Å². The van der Waals surface area contributed by atoms with E-state index in [0.29, 0.717) is 13.0 Å². The van der Waals surface area contributed by atoms with Gasteiger partial charge in [-0.05, 0) is 18.1 Å². The van der Waals surface area contributed by atoms with E-state index in [1.807, 2.05) is 31.2 Å². The predicted molar refractivity (Wildman–Crippen MR) is 74.1 cm³/mol. The lowest BCUT2D eigenvalue weighted by atomic mass is 9.90. The Morgan fingerprint density at radius 2 is 1.85 bits per heavy atom. The maximum atomic E-state index is 11.8. The van der Waals surface area contributed by atoms with Crippen LogP contribution in [0.5, 0.6) is 0 Å². The predicted octanol–water partition coefficient (Wildman–Crippen LogP) is 2.98. The summed E-state index contributed by atoms with van der Waals surface area (Å²) in [6.45, 7) is 5.60. The van der Waals surface area contributed by atoms with E-state index in [2.05, 4.69) is 0 Å². The van der Waals surface area contributed by atoms with Gasteiger partial charge in [0.2, 0.25) is 0 Å². The van der Waals surface area contributed by atoms with Crippen LogP contribution in [0.15, 0.2) is 24.3 Å². The zero-order valence-corrected chi connectivity index (χ0v) is 12.1. The zero-order valence-electron chi connectivity index (χ0n) is 12.1. The fourth-order valence-electron chi connectivity index (χ4n) is 2.93. The van der Waals surface area contributed by atoms with Crippen LogP contribution in [-0.2, 0) is 19.1 Å². The minimum atomic E-state index is -0.298. The van der Waals surface area contributed by atoms with E-state index in [-0.39, 0.29) is 29.9 Å². The molecule has 0 amide bonds. The summed E-state index contributed by atoms with van der Waals surface area (Å²) in [4.78, 5) is 23.0. The fraction of sp³-hybridized carbons (Fsp3) is 0.500. The van der Waals surface area contributed by atoms with Crippen LogP contribution in [0.1, 0.15) is 50.3 Å². The maximum absolute atomic E-state index is 11.8. The van der Waals surface area contributed by atoms with Crippen LogP contribution in [-0.4, -0.2) is 18.5 Å². The number of carbonyl (C=O) groups is 2. The molecule has 0 saturated heterocycles. The van der Waals surface area contributed by atoms with Gasteiger partial charge in [-0.25, -0.2) is 0 Å². The van der Waals surface area contributed by atoms with Crippen molar-refractivity contribution in [2.75, 3.05) is 6.61 Å². The first-order valence-electron chi connectivity index (χ1n) is 6.96. The maximum Gasteiger partial charge on any atom is 0.306 e. The Kier molecular flexibility index (Phi) is 4.42. The molecule has 1 aliphatic carbocycles. The second kappa shape index (κ2) is 6.07. The summed E-state index contributed by atoms with van der Waals surface area (Å²) in [7, 11) is 0. The molecule has 3 atom stereocenters. The smallest absolute Gasteiger partial charge is 0.306 e. The number of hydrogen-bond donors (Lipinski definition) is 0. The van der Waals surface area contributed by atoms with Crippen LogP contribution in [0, 0.1) is 5.92 Å². The Morgan fingerprint density at radius 3 is 2.45 bits per heavy atom. The van der Waals surface area contributed by atoms with E-state index in [1.54, 1.807) is 6.92 Å². The van der Waals surface area contributed by atoms with Gasteiger partial charge >= 0.3 is 11.9 Å². The molecule has 3 unspecified atom stereocenters. The summed E-state index contributed by atoms with van der Waals surface area (Å²) in [5, 5.41) is 0. The molecule has 0 radical (unpaired) electrons. The van der Waals surface area contributed by atoms with E-state index in [9.17, 15) is 9.59 Å². The van der Waals surface area contributed by atoms with E-state index in [1.165, 1.54) is 6.92 Å². The van der Waals surface area contributed by atoms with Crippen molar-refractivity contribution < 1.29 is 19.1 Å². The summed E-state index contributed by atoms with van der Waals surface area (Å²) in [5.74, 6) is -0.397. The zero-order chi connectivity index (χ0) is 14.7. The van der Waals surface area contributed by atoms with E-state index in [0.717, 1.165) is 11.1 Å². The Balaban J connectivity index is 2.26. The fourth-order valence-corrected chi connectivity index (χ4v) is 2.93. The van der Waals surface area contributed by atoms with Gasteiger partial charge in [0.15, 0.2) is 0 Å². The number of rotatable bonds is 4. The second-order valence-electron chi connectivity index (χ2n) is 5.13. The Hall–Kier alpha value is -1.84. The van der Waals surface area contributed by atoms with Crippen molar-refractivity contribution in [3.8, 4) is 0 Å². The average molecular weight is 276 g/mol. The van der Waals surface area contributed by atoms with Crippen LogP contribution in [0.2, 0.25) is 0 Å². The molecule has 0 heterocycles. The molecule has 0 fully saturated rings. The van der Waals surface area contributed by atoms with Gasteiger partial charge in [-0.2, -0.15) is 0 Å². The first-order valence-corrected chi connectivity index (χ1v) is 6.96. The number of carbonyl (C=O) groups excluding carboxylic acids is 2. The molecular weight excluding hydrogens is 256 g/mol. The third-order valence-electron chi connectivity index (χ3n) is 3.80. The minimum Gasteiger partial charge on any atom is -0.466 e. The van der Waals surface area contributed by atoms with Crippen molar-refractivity contribution in [1.82, 2.24) is 0 Å². The molecule has 108 valence electrons. The van der Waals surface area contributed by atoms with Gasteiger partial charge in [0.25, 0.3) is 0 Å². The number of ether oxygens (including phenoxy) is 2. The van der Waals surface area contributed by atoms with E-state index in [4.69, 9.17) is 9.47 Å². The van der Waals surface area contributed by atoms with E-state index < -0.39 is 0 Å². The SMILES string of the molecule is CCOC(=O)CC1c2ccccc2C(OC(C)=O)C1C. The summed E-state index contributed by atoms with van der Waals surface area (Å²) in [6.07, 6.45) is 0.0483. The molecule has 0 aliphatic heterocycles. The van der Waals surface area contributed by atoms with Crippen molar-refractivity contribution in [3.05, 3.63) is 35.4 Å². The standard InChI is InChI=1S/C16H20O4/c1-4-19-15(18)9-14-10(2)16(20-11(3)17)13-8-6-5-7-12(13)14/h5-8,10,14,16H,4,9H2,1-3H3. The van der Waals surface area contributed by atoms with Crippen molar-refractivity contribution in [2.45, 2.75) is 39.2 Å².